The molecule has 2 heterocycles. The number of carbonyl (C=O) groups excluding carboxylic acids is 1. The topological polar surface area (TPSA) is 109 Å². The van der Waals surface area contributed by atoms with E-state index in [1.165, 1.54) is 11.4 Å². The molecule has 1 aliphatic heterocycles. The number of nitrogens with one attached hydrogen (secondary N) is 1. The van der Waals surface area contributed by atoms with Gasteiger partial charge < -0.3 is 16.0 Å². The number of sulfonamides is 1. The predicted octanol–water partition coefficient (Wildman–Crippen LogP) is 3.35. The van der Waals surface area contributed by atoms with E-state index < -0.39 is 15.9 Å². The van der Waals surface area contributed by atoms with Gasteiger partial charge in [-0.3, -0.25) is 9.10 Å². The number of hydrogen-bond acceptors (Lipinski definition) is 6. The zero-order valence-electron chi connectivity index (χ0n) is 17.7. The van der Waals surface area contributed by atoms with Gasteiger partial charge in [-0.1, -0.05) is 24.3 Å². The van der Waals surface area contributed by atoms with Crippen LogP contribution in [0.2, 0.25) is 0 Å². The lowest BCUT2D eigenvalue weighted by atomic mass is 10.2. The van der Waals surface area contributed by atoms with E-state index in [0.29, 0.717) is 17.2 Å². The van der Waals surface area contributed by atoms with Crippen molar-refractivity contribution in [2.45, 2.75) is 17.7 Å². The van der Waals surface area contributed by atoms with Gasteiger partial charge in [-0.15, -0.1) is 0 Å². The molecule has 1 saturated heterocycles. The SMILES string of the molecule is CN(c1cccc(Nc2nc(N3CCCC3)ccc2C(N)=O)c1)S(=O)(=O)c1ccccc1. The maximum Gasteiger partial charge on any atom is 0.264 e. The molecule has 0 radical (unpaired) electrons. The summed E-state index contributed by atoms with van der Waals surface area (Å²) in [7, 11) is -2.21. The van der Waals surface area contributed by atoms with Crippen LogP contribution in [0.4, 0.5) is 23.0 Å². The fraction of sp³-hybridized carbons (Fsp3) is 0.217. The lowest BCUT2D eigenvalue weighted by Gasteiger charge is -2.21. The van der Waals surface area contributed by atoms with Gasteiger partial charge in [0.15, 0.2) is 0 Å². The summed E-state index contributed by atoms with van der Waals surface area (Å²) < 4.78 is 27.1. The Morgan fingerprint density at radius 3 is 2.44 bits per heavy atom. The molecule has 4 rings (SSSR count). The molecule has 0 spiro atoms. The van der Waals surface area contributed by atoms with Crippen LogP contribution in [0, 0.1) is 0 Å². The molecule has 8 nitrogen and oxygen atoms in total. The summed E-state index contributed by atoms with van der Waals surface area (Å²) in [5.41, 5.74) is 6.88. The summed E-state index contributed by atoms with van der Waals surface area (Å²) in [5.74, 6) is 0.524. The van der Waals surface area contributed by atoms with E-state index in [1.807, 2.05) is 0 Å². The van der Waals surface area contributed by atoms with E-state index in [-0.39, 0.29) is 10.5 Å². The van der Waals surface area contributed by atoms with E-state index >= 15 is 0 Å². The van der Waals surface area contributed by atoms with E-state index in [1.54, 1.807) is 66.7 Å². The second kappa shape index (κ2) is 8.88. The lowest BCUT2D eigenvalue weighted by Crippen LogP contribution is -2.26. The highest BCUT2D eigenvalue weighted by Gasteiger charge is 2.22. The van der Waals surface area contributed by atoms with E-state index in [4.69, 9.17) is 5.73 Å². The highest BCUT2D eigenvalue weighted by Crippen LogP contribution is 2.28. The van der Waals surface area contributed by atoms with Crippen molar-refractivity contribution in [3.8, 4) is 0 Å². The van der Waals surface area contributed by atoms with Crippen molar-refractivity contribution in [2.24, 2.45) is 5.73 Å². The lowest BCUT2D eigenvalue weighted by molar-refractivity contribution is 0.100. The quantitative estimate of drug-likeness (QED) is 0.570. The standard InChI is InChI=1S/C23H25N5O3S/c1-27(32(30,31)19-10-3-2-4-11-19)18-9-7-8-17(16-18)25-23-20(22(24)29)12-13-21(26-23)28-14-5-6-15-28/h2-4,7-13,16H,5-6,14-15H2,1H3,(H2,24,29)(H,25,26). The van der Waals surface area contributed by atoms with Gasteiger partial charge in [0.2, 0.25) is 0 Å². The first-order valence-corrected chi connectivity index (χ1v) is 11.8. The fourth-order valence-corrected chi connectivity index (χ4v) is 4.88. The van der Waals surface area contributed by atoms with E-state index in [9.17, 15) is 13.2 Å². The van der Waals surface area contributed by atoms with Crippen molar-refractivity contribution in [2.75, 3.05) is 34.7 Å². The monoisotopic (exact) mass is 451 g/mol. The molecule has 0 atom stereocenters. The van der Waals surface area contributed by atoms with Gasteiger partial charge in [-0.2, -0.15) is 0 Å². The predicted molar refractivity (Wildman–Crippen MR) is 126 cm³/mol. The Balaban J connectivity index is 1.64. The van der Waals surface area contributed by atoms with Gasteiger partial charge in [-0.05, 0) is 55.3 Å². The number of nitrogens with zero attached hydrogens (tertiary/aromatic N) is 3. The molecule has 32 heavy (non-hydrogen) atoms. The molecule has 0 unspecified atom stereocenters. The Labute approximate surface area is 187 Å². The molecule has 0 bridgehead atoms. The third-order valence-electron chi connectivity index (χ3n) is 5.45. The van der Waals surface area contributed by atoms with Gasteiger partial charge in [0, 0.05) is 25.8 Å². The molecule has 1 fully saturated rings. The minimum atomic E-state index is -3.71. The number of aromatic nitrogens is 1. The Hall–Kier alpha value is -3.59. The second-order valence-electron chi connectivity index (χ2n) is 7.58. The van der Waals surface area contributed by atoms with Crippen LogP contribution >= 0.6 is 0 Å². The molecule has 0 aliphatic carbocycles. The maximum atomic E-state index is 13.0. The zero-order valence-corrected chi connectivity index (χ0v) is 18.5. The fourth-order valence-electron chi connectivity index (χ4n) is 3.67. The molecule has 0 saturated carbocycles. The number of anilines is 4. The number of carbonyl (C=O) groups is 1. The van der Waals surface area contributed by atoms with E-state index in [2.05, 4.69) is 15.2 Å². The van der Waals surface area contributed by atoms with Gasteiger partial charge in [0.1, 0.15) is 11.6 Å². The van der Waals surface area contributed by atoms with Crippen molar-refractivity contribution in [3.05, 3.63) is 72.3 Å². The number of amides is 1. The Morgan fingerprint density at radius 2 is 1.75 bits per heavy atom. The second-order valence-corrected chi connectivity index (χ2v) is 9.55. The Bertz CT molecular complexity index is 1230. The van der Waals surface area contributed by atoms with Crippen LogP contribution in [0.15, 0.2) is 71.6 Å². The van der Waals surface area contributed by atoms with Gasteiger partial charge in [0.25, 0.3) is 15.9 Å². The molecule has 1 aromatic heterocycles. The third kappa shape index (κ3) is 4.38. The van der Waals surface area contributed by atoms with Crippen LogP contribution in [-0.2, 0) is 10.0 Å². The number of rotatable bonds is 7. The minimum absolute atomic E-state index is 0.205. The van der Waals surface area contributed by atoms with Crippen LogP contribution in [-0.4, -0.2) is 39.4 Å². The highest BCUT2D eigenvalue weighted by molar-refractivity contribution is 7.92. The van der Waals surface area contributed by atoms with Crippen LogP contribution in [0.1, 0.15) is 23.2 Å². The number of primary amides is 1. The molecule has 1 amide bonds. The van der Waals surface area contributed by atoms with Crippen LogP contribution in [0.3, 0.4) is 0 Å². The van der Waals surface area contributed by atoms with Crippen molar-refractivity contribution in [1.29, 1.82) is 0 Å². The smallest absolute Gasteiger partial charge is 0.264 e. The summed E-state index contributed by atoms with van der Waals surface area (Å²) in [4.78, 5) is 18.9. The third-order valence-corrected chi connectivity index (χ3v) is 7.25. The van der Waals surface area contributed by atoms with Crippen molar-refractivity contribution < 1.29 is 13.2 Å². The van der Waals surface area contributed by atoms with Crippen molar-refractivity contribution >= 4 is 38.9 Å². The first-order chi connectivity index (χ1) is 15.4. The minimum Gasteiger partial charge on any atom is -0.365 e. The molecule has 166 valence electrons. The number of pyridine rings is 1. The van der Waals surface area contributed by atoms with Crippen LogP contribution < -0.4 is 20.3 Å². The summed E-state index contributed by atoms with van der Waals surface area (Å²) in [6, 6.07) is 18.6. The Kier molecular flexibility index (Phi) is 6.00. The average Bonchev–Trinajstić information content (AvgIpc) is 3.34. The summed E-state index contributed by atoms with van der Waals surface area (Å²) in [5, 5.41) is 3.14. The van der Waals surface area contributed by atoms with Gasteiger partial charge >= 0.3 is 0 Å². The molecule has 3 N–H and O–H groups in total. The first-order valence-electron chi connectivity index (χ1n) is 10.3. The van der Waals surface area contributed by atoms with Crippen LogP contribution in [0.25, 0.3) is 0 Å². The maximum absolute atomic E-state index is 13.0. The summed E-state index contributed by atoms with van der Waals surface area (Å²) in [6.45, 7) is 1.83. The van der Waals surface area contributed by atoms with Crippen molar-refractivity contribution in [3.63, 3.8) is 0 Å². The van der Waals surface area contributed by atoms with Gasteiger partial charge in [0.05, 0.1) is 16.1 Å². The molecular formula is C23H25N5O3S. The largest absolute Gasteiger partial charge is 0.365 e. The molecule has 2 aromatic carbocycles. The molecule has 9 heteroatoms. The molecular weight excluding hydrogens is 426 g/mol. The average molecular weight is 452 g/mol. The normalized spacial score (nSPS) is 13.7. The number of benzene rings is 2. The van der Waals surface area contributed by atoms with Crippen molar-refractivity contribution in [1.82, 2.24) is 4.98 Å². The first kappa shape index (κ1) is 21.6. The zero-order chi connectivity index (χ0) is 22.7. The summed E-state index contributed by atoms with van der Waals surface area (Å²) >= 11 is 0. The Morgan fingerprint density at radius 1 is 1.03 bits per heavy atom. The van der Waals surface area contributed by atoms with Crippen LogP contribution in [0.5, 0.6) is 0 Å². The number of hydrogen-bond donors (Lipinski definition) is 2. The molecule has 1 aliphatic rings. The highest BCUT2D eigenvalue weighted by atomic mass is 32.2. The molecule has 3 aromatic rings. The van der Waals surface area contributed by atoms with Gasteiger partial charge in [-0.25, -0.2) is 13.4 Å². The number of nitrogens with two attached hydrogens (primary N) is 1. The van der Waals surface area contributed by atoms with E-state index in [0.717, 1.165) is 31.7 Å². The summed E-state index contributed by atoms with van der Waals surface area (Å²) in [6.07, 6.45) is 2.21.